The van der Waals surface area contributed by atoms with Crippen molar-refractivity contribution in [3.63, 3.8) is 0 Å². The van der Waals surface area contributed by atoms with Gasteiger partial charge in [0.2, 0.25) is 0 Å². The number of hydrogen-bond donors (Lipinski definition) is 0. The van der Waals surface area contributed by atoms with Gasteiger partial charge < -0.3 is 0 Å². The standard InChI is InChI=1S/C10H14N/c1-3-6-9-7-5-8-11-10(9)4-2/h5,8H,3-4,6H2,1-2H3. The predicted octanol–water partition coefficient (Wildman–Crippen LogP) is 2.40. The lowest BCUT2D eigenvalue weighted by molar-refractivity contribution is 0.874. The average molecular weight is 148 g/mol. The highest BCUT2D eigenvalue weighted by molar-refractivity contribution is 5.18. The summed E-state index contributed by atoms with van der Waals surface area (Å²) in [7, 11) is 0. The Morgan fingerprint density at radius 3 is 2.91 bits per heavy atom. The van der Waals surface area contributed by atoms with E-state index in [-0.39, 0.29) is 0 Å². The van der Waals surface area contributed by atoms with Gasteiger partial charge in [-0.15, -0.1) is 0 Å². The first-order chi connectivity index (χ1) is 5.38. The molecule has 0 amide bonds. The molecule has 1 rings (SSSR count). The highest BCUT2D eigenvalue weighted by Crippen LogP contribution is 2.07. The molecule has 0 N–H and O–H groups in total. The number of hydrogen-bond acceptors (Lipinski definition) is 1. The summed E-state index contributed by atoms with van der Waals surface area (Å²) in [6.45, 7) is 4.32. The highest BCUT2D eigenvalue weighted by Gasteiger charge is 1.98. The fourth-order valence-electron chi connectivity index (χ4n) is 1.20. The van der Waals surface area contributed by atoms with Crippen LogP contribution < -0.4 is 0 Å². The lowest BCUT2D eigenvalue weighted by Crippen LogP contribution is -1.95. The minimum atomic E-state index is 1.02. The molecule has 1 aromatic heterocycles. The third kappa shape index (κ3) is 2.04. The van der Waals surface area contributed by atoms with Crippen LogP contribution >= 0.6 is 0 Å². The summed E-state index contributed by atoms with van der Waals surface area (Å²) < 4.78 is 0. The van der Waals surface area contributed by atoms with Gasteiger partial charge in [-0.1, -0.05) is 20.3 Å². The van der Waals surface area contributed by atoms with Crippen LogP contribution in [0.3, 0.4) is 0 Å². The third-order valence-electron chi connectivity index (χ3n) is 1.75. The van der Waals surface area contributed by atoms with Crippen molar-refractivity contribution in [1.29, 1.82) is 0 Å². The Morgan fingerprint density at radius 2 is 2.27 bits per heavy atom. The zero-order valence-corrected chi connectivity index (χ0v) is 7.22. The minimum absolute atomic E-state index is 1.02. The zero-order valence-electron chi connectivity index (χ0n) is 7.22. The molecule has 1 heterocycles. The van der Waals surface area contributed by atoms with E-state index in [0.29, 0.717) is 0 Å². The number of pyridine rings is 1. The van der Waals surface area contributed by atoms with E-state index in [2.05, 4.69) is 24.9 Å². The summed E-state index contributed by atoms with van der Waals surface area (Å²) in [5.74, 6) is 0. The van der Waals surface area contributed by atoms with Crippen molar-refractivity contribution in [1.82, 2.24) is 4.98 Å². The molecule has 0 aliphatic carbocycles. The minimum Gasteiger partial charge on any atom is -0.261 e. The molecule has 1 heteroatoms. The van der Waals surface area contributed by atoms with Gasteiger partial charge in [-0.05, 0) is 30.5 Å². The Balaban J connectivity index is 2.83. The maximum atomic E-state index is 4.28. The van der Waals surface area contributed by atoms with Crippen LogP contribution in [0.2, 0.25) is 0 Å². The van der Waals surface area contributed by atoms with Gasteiger partial charge in [0.1, 0.15) is 0 Å². The van der Waals surface area contributed by atoms with Crippen molar-refractivity contribution in [2.45, 2.75) is 33.1 Å². The lowest BCUT2D eigenvalue weighted by Gasteiger charge is -2.02. The van der Waals surface area contributed by atoms with E-state index in [1.807, 2.05) is 12.3 Å². The van der Waals surface area contributed by atoms with Gasteiger partial charge in [0.25, 0.3) is 0 Å². The molecular weight excluding hydrogens is 134 g/mol. The Morgan fingerprint density at radius 1 is 1.45 bits per heavy atom. The van der Waals surface area contributed by atoms with Crippen molar-refractivity contribution in [2.75, 3.05) is 0 Å². The van der Waals surface area contributed by atoms with Crippen LogP contribution in [0.5, 0.6) is 0 Å². The van der Waals surface area contributed by atoms with E-state index >= 15 is 0 Å². The first-order valence-corrected chi connectivity index (χ1v) is 4.23. The van der Waals surface area contributed by atoms with Crippen molar-refractivity contribution < 1.29 is 0 Å². The van der Waals surface area contributed by atoms with Crippen LogP contribution in [0.15, 0.2) is 12.3 Å². The number of nitrogens with zero attached hydrogens (tertiary/aromatic N) is 1. The molecule has 0 aliphatic rings. The molecule has 59 valence electrons. The molecule has 0 aliphatic heterocycles. The van der Waals surface area contributed by atoms with Gasteiger partial charge in [-0.25, -0.2) is 0 Å². The average Bonchev–Trinajstić information content (AvgIpc) is 2.06. The normalized spacial score (nSPS) is 10.0. The van der Waals surface area contributed by atoms with E-state index in [0.717, 1.165) is 12.8 Å². The molecule has 0 fully saturated rings. The van der Waals surface area contributed by atoms with Gasteiger partial charge in [-0.3, -0.25) is 4.98 Å². The molecule has 0 unspecified atom stereocenters. The second kappa shape index (κ2) is 4.12. The summed E-state index contributed by atoms with van der Waals surface area (Å²) in [4.78, 5) is 4.28. The van der Waals surface area contributed by atoms with Crippen molar-refractivity contribution in [3.8, 4) is 0 Å². The Bertz CT molecular complexity index is 218. The van der Waals surface area contributed by atoms with E-state index in [9.17, 15) is 0 Å². The van der Waals surface area contributed by atoms with Crippen LogP contribution in [-0.4, -0.2) is 4.98 Å². The van der Waals surface area contributed by atoms with E-state index in [4.69, 9.17) is 0 Å². The summed E-state index contributed by atoms with van der Waals surface area (Å²) in [6.07, 6.45) is 5.12. The summed E-state index contributed by atoms with van der Waals surface area (Å²) in [5, 5.41) is 0. The molecule has 1 nitrogen and oxygen atoms in total. The molecular formula is C10H14N. The van der Waals surface area contributed by atoms with Gasteiger partial charge in [0.05, 0.1) is 0 Å². The first-order valence-electron chi connectivity index (χ1n) is 4.23. The van der Waals surface area contributed by atoms with Gasteiger partial charge in [0.15, 0.2) is 0 Å². The summed E-state index contributed by atoms with van der Waals surface area (Å²) in [5.41, 5.74) is 2.49. The van der Waals surface area contributed by atoms with Gasteiger partial charge in [0, 0.05) is 11.9 Å². The molecule has 0 bridgehead atoms. The predicted molar refractivity (Wildman–Crippen MR) is 46.4 cm³/mol. The quantitative estimate of drug-likeness (QED) is 0.641. The SMILES string of the molecule is CCCc1[c]ccnc1CC. The number of aromatic nitrogens is 1. The van der Waals surface area contributed by atoms with E-state index in [1.165, 1.54) is 17.7 Å². The van der Waals surface area contributed by atoms with Crippen molar-refractivity contribution >= 4 is 0 Å². The molecule has 0 saturated carbocycles. The van der Waals surface area contributed by atoms with Crippen molar-refractivity contribution in [2.24, 2.45) is 0 Å². The van der Waals surface area contributed by atoms with Crippen molar-refractivity contribution in [3.05, 3.63) is 29.6 Å². The highest BCUT2D eigenvalue weighted by atomic mass is 14.7. The fourth-order valence-corrected chi connectivity index (χ4v) is 1.20. The summed E-state index contributed by atoms with van der Waals surface area (Å²) >= 11 is 0. The van der Waals surface area contributed by atoms with Crippen LogP contribution in [0, 0.1) is 6.07 Å². The monoisotopic (exact) mass is 148 g/mol. The van der Waals surface area contributed by atoms with E-state index in [1.54, 1.807) is 0 Å². The van der Waals surface area contributed by atoms with Crippen LogP contribution in [0.4, 0.5) is 0 Å². The molecule has 11 heavy (non-hydrogen) atoms. The molecule has 0 atom stereocenters. The molecule has 0 spiro atoms. The third-order valence-corrected chi connectivity index (χ3v) is 1.75. The first kappa shape index (κ1) is 8.25. The lowest BCUT2D eigenvalue weighted by atomic mass is 10.1. The molecule has 1 radical (unpaired) electrons. The van der Waals surface area contributed by atoms with Crippen LogP contribution in [0.25, 0.3) is 0 Å². The fraction of sp³-hybridized carbons (Fsp3) is 0.500. The number of rotatable bonds is 3. The van der Waals surface area contributed by atoms with E-state index < -0.39 is 0 Å². The largest absolute Gasteiger partial charge is 0.261 e. The zero-order chi connectivity index (χ0) is 8.10. The molecule has 0 aromatic carbocycles. The summed E-state index contributed by atoms with van der Waals surface area (Å²) in [6, 6.07) is 5.12. The second-order valence-corrected chi connectivity index (χ2v) is 2.62. The second-order valence-electron chi connectivity index (χ2n) is 2.62. The molecule has 0 saturated heterocycles. The molecule has 1 aromatic rings. The number of aryl methyl sites for hydroxylation is 2. The topological polar surface area (TPSA) is 12.9 Å². The van der Waals surface area contributed by atoms with Gasteiger partial charge in [-0.2, -0.15) is 0 Å². The van der Waals surface area contributed by atoms with Crippen LogP contribution in [0.1, 0.15) is 31.5 Å². The Labute approximate surface area is 68.5 Å². The smallest absolute Gasteiger partial charge is 0.0438 e. The van der Waals surface area contributed by atoms with Gasteiger partial charge >= 0.3 is 0 Å². The van der Waals surface area contributed by atoms with Crippen LogP contribution in [-0.2, 0) is 12.8 Å². The Kier molecular flexibility index (Phi) is 3.09. The maximum absolute atomic E-state index is 4.28. The maximum Gasteiger partial charge on any atom is 0.0438 e. The Hall–Kier alpha value is -0.850.